The molecule has 108 valence electrons. The first-order valence-corrected chi connectivity index (χ1v) is 7.28. The summed E-state index contributed by atoms with van der Waals surface area (Å²) in [4.78, 5) is 21.6. The van der Waals surface area contributed by atoms with E-state index in [1.165, 1.54) is 0 Å². The number of hydrogen-bond acceptors (Lipinski definition) is 4. The molecule has 5 nitrogen and oxygen atoms in total. The Labute approximate surface area is 119 Å². The van der Waals surface area contributed by atoms with Crippen LogP contribution in [0.25, 0.3) is 12.2 Å². The molecule has 0 unspecified atom stereocenters. The Balaban J connectivity index is 0.000000704. The highest BCUT2D eigenvalue weighted by atomic mass is 16.1. The van der Waals surface area contributed by atoms with Crippen LogP contribution in [0.3, 0.4) is 0 Å². The zero-order valence-electron chi connectivity index (χ0n) is 12.1. The summed E-state index contributed by atoms with van der Waals surface area (Å²) in [6.07, 6.45) is 8.62. The monoisotopic (exact) mass is 274 g/mol. The van der Waals surface area contributed by atoms with Crippen molar-refractivity contribution in [2.75, 3.05) is 31.1 Å². The third kappa shape index (κ3) is 3.17. The lowest BCUT2D eigenvalue weighted by Crippen LogP contribution is -2.45. The van der Waals surface area contributed by atoms with Gasteiger partial charge in [-0.1, -0.05) is 32.1 Å². The molecular formula is C15H22N4O. The van der Waals surface area contributed by atoms with Gasteiger partial charge in [-0.2, -0.15) is 0 Å². The Morgan fingerprint density at radius 2 is 1.85 bits per heavy atom. The zero-order chi connectivity index (χ0) is 14.4. The Hall–Kier alpha value is -1.88. The summed E-state index contributed by atoms with van der Waals surface area (Å²) < 4.78 is 0. The maximum absolute atomic E-state index is 12.1. The third-order valence-corrected chi connectivity index (χ3v) is 3.22. The molecule has 1 aliphatic heterocycles. The number of H-pyrrole nitrogens is 1. The Kier molecular flexibility index (Phi) is 5.12. The topological polar surface area (TPSA) is 61.0 Å². The number of hydrogen-bond donors (Lipinski definition) is 2. The fraction of sp³-hybridized carbons (Fsp3) is 0.467. The molecule has 0 spiro atoms. The molecule has 1 saturated heterocycles. The van der Waals surface area contributed by atoms with Crippen LogP contribution < -0.4 is 15.8 Å². The molecule has 0 saturated carbocycles. The second kappa shape index (κ2) is 7.05. The van der Waals surface area contributed by atoms with Gasteiger partial charge >= 0.3 is 0 Å². The molecule has 2 heterocycles. The normalized spacial score (nSPS) is 17.0. The van der Waals surface area contributed by atoms with Crippen molar-refractivity contribution in [2.45, 2.75) is 20.3 Å². The van der Waals surface area contributed by atoms with E-state index in [-0.39, 0.29) is 5.56 Å². The minimum absolute atomic E-state index is 0.0590. The van der Waals surface area contributed by atoms with E-state index in [0.29, 0.717) is 11.5 Å². The van der Waals surface area contributed by atoms with Crippen LogP contribution in [0.1, 0.15) is 31.5 Å². The first-order valence-electron chi connectivity index (χ1n) is 7.28. The largest absolute Gasteiger partial charge is 0.340 e. The van der Waals surface area contributed by atoms with Gasteiger partial charge in [-0.05, 0) is 12.5 Å². The predicted octanol–water partition coefficient (Wildman–Crippen LogP) is 1.64. The number of nitrogens with one attached hydrogen (secondary N) is 2. The summed E-state index contributed by atoms with van der Waals surface area (Å²) in [5, 5.41) is 3.28. The van der Waals surface area contributed by atoms with Crippen molar-refractivity contribution in [1.29, 1.82) is 0 Å². The lowest BCUT2D eigenvalue weighted by molar-refractivity contribution is 0.579. The van der Waals surface area contributed by atoms with Gasteiger partial charge in [0.1, 0.15) is 0 Å². The maximum Gasteiger partial charge on any atom is 0.260 e. The van der Waals surface area contributed by atoms with E-state index in [4.69, 9.17) is 0 Å². The van der Waals surface area contributed by atoms with Crippen LogP contribution in [0.5, 0.6) is 0 Å². The van der Waals surface area contributed by atoms with Gasteiger partial charge < -0.3 is 10.2 Å². The molecule has 2 N–H and O–H groups in total. The fourth-order valence-electron chi connectivity index (χ4n) is 2.25. The second-order valence-corrected chi connectivity index (χ2v) is 4.47. The van der Waals surface area contributed by atoms with E-state index in [0.717, 1.165) is 38.3 Å². The van der Waals surface area contributed by atoms with Crippen LogP contribution >= 0.6 is 0 Å². The van der Waals surface area contributed by atoms with E-state index in [2.05, 4.69) is 20.2 Å². The molecule has 0 bridgehead atoms. The van der Waals surface area contributed by atoms with E-state index in [9.17, 15) is 4.79 Å². The average Bonchev–Trinajstić information content (AvgIpc) is 2.76. The summed E-state index contributed by atoms with van der Waals surface area (Å²) in [6.45, 7) is 7.61. The number of piperazine rings is 1. The Morgan fingerprint density at radius 3 is 2.60 bits per heavy atom. The van der Waals surface area contributed by atoms with Crippen molar-refractivity contribution in [3.05, 3.63) is 33.8 Å². The van der Waals surface area contributed by atoms with Crippen LogP contribution in [0.2, 0.25) is 0 Å². The zero-order valence-corrected chi connectivity index (χ0v) is 12.1. The summed E-state index contributed by atoms with van der Waals surface area (Å²) >= 11 is 0. The van der Waals surface area contributed by atoms with Gasteiger partial charge in [-0.15, -0.1) is 0 Å². The van der Waals surface area contributed by atoms with Gasteiger partial charge in [-0.25, -0.2) is 4.98 Å². The third-order valence-electron chi connectivity index (χ3n) is 3.22. The summed E-state index contributed by atoms with van der Waals surface area (Å²) in [5.41, 5.74) is 1.36. The van der Waals surface area contributed by atoms with Crippen LogP contribution in [0, 0.1) is 0 Å². The molecular weight excluding hydrogens is 252 g/mol. The van der Waals surface area contributed by atoms with Crippen molar-refractivity contribution in [2.24, 2.45) is 0 Å². The quantitative estimate of drug-likeness (QED) is 0.817. The predicted molar refractivity (Wildman–Crippen MR) is 84.0 cm³/mol. The van der Waals surface area contributed by atoms with Crippen molar-refractivity contribution < 1.29 is 0 Å². The van der Waals surface area contributed by atoms with Gasteiger partial charge in [0.2, 0.25) is 5.95 Å². The van der Waals surface area contributed by atoms with Gasteiger partial charge in [0.15, 0.2) is 0 Å². The second-order valence-electron chi connectivity index (χ2n) is 4.47. The molecule has 2 aliphatic rings. The lowest BCUT2D eigenvalue weighted by atomic mass is 10.2. The highest BCUT2D eigenvalue weighted by Gasteiger charge is 2.15. The first-order chi connectivity index (χ1) is 9.84. The number of aromatic amines is 1. The van der Waals surface area contributed by atoms with Crippen LogP contribution in [0.4, 0.5) is 5.95 Å². The standard InChI is InChI=1S/C13H16N4O.C2H6/c18-12-10-4-2-1-3-5-11(10)15-13(16-12)17-8-6-14-7-9-17;1-2/h2-5,14H,1,6-9H2,(H,15,16,18);1-2H3. The number of aromatic nitrogens is 2. The van der Waals surface area contributed by atoms with Gasteiger partial charge in [-0.3, -0.25) is 9.78 Å². The Bertz CT molecular complexity index is 553. The lowest BCUT2D eigenvalue weighted by Gasteiger charge is -2.28. The van der Waals surface area contributed by atoms with Gasteiger partial charge in [0, 0.05) is 26.2 Å². The molecule has 1 aromatic rings. The minimum Gasteiger partial charge on any atom is -0.340 e. The van der Waals surface area contributed by atoms with Crippen molar-refractivity contribution in [3.8, 4) is 0 Å². The minimum atomic E-state index is -0.0590. The number of allylic oxidation sites excluding steroid dienone is 2. The van der Waals surface area contributed by atoms with Crippen LogP contribution in [-0.4, -0.2) is 36.1 Å². The molecule has 20 heavy (non-hydrogen) atoms. The van der Waals surface area contributed by atoms with E-state index < -0.39 is 0 Å². The van der Waals surface area contributed by atoms with Crippen molar-refractivity contribution in [3.63, 3.8) is 0 Å². The van der Waals surface area contributed by atoms with Gasteiger partial charge in [0.25, 0.3) is 5.56 Å². The number of anilines is 1. The maximum atomic E-state index is 12.1. The highest BCUT2D eigenvalue weighted by molar-refractivity contribution is 5.65. The molecule has 0 aromatic carbocycles. The SMILES string of the molecule is CC.O=c1[nH]c(N2CCNCC2)nc2c1C=CCC=C2. The Morgan fingerprint density at radius 1 is 1.15 bits per heavy atom. The molecule has 0 atom stereocenters. The summed E-state index contributed by atoms with van der Waals surface area (Å²) in [7, 11) is 0. The average molecular weight is 274 g/mol. The van der Waals surface area contributed by atoms with Crippen molar-refractivity contribution >= 4 is 18.1 Å². The molecule has 1 fully saturated rings. The van der Waals surface area contributed by atoms with E-state index in [1.807, 2.05) is 38.2 Å². The molecule has 0 radical (unpaired) electrons. The van der Waals surface area contributed by atoms with Crippen LogP contribution in [-0.2, 0) is 0 Å². The fourth-order valence-corrected chi connectivity index (χ4v) is 2.25. The molecule has 0 amide bonds. The molecule has 3 rings (SSSR count). The number of fused-ring (bicyclic) bond motifs is 1. The molecule has 1 aliphatic carbocycles. The van der Waals surface area contributed by atoms with E-state index >= 15 is 0 Å². The highest BCUT2D eigenvalue weighted by Crippen LogP contribution is 2.14. The first kappa shape index (κ1) is 14.5. The van der Waals surface area contributed by atoms with Crippen molar-refractivity contribution in [1.82, 2.24) is 15.3 Å². The molecule has 5 heteroatoms. The summed E-state index contributed by atoms with van der Waals surface area (Å²) in [5.74, 6) is 0.681. The van der Waals surface area contributed by atoms with Gasteiger partial charge in [0.05, 0.1) is 11.3 Å². The van der Waals surface area contributed by atoms with E-state index in [1.54, 1.807) is 0 Å². The molecule has 1 aromatic heterocycles. The number of rotatable bonds is 1. The smallest absolute Gasteiger partial charge is 0.260 e. The summed E-state index contributed by atoms with van der Waals surface area (Å²) in [6, 6.07) is 0. The number of nitrogens with zero attached hydrogens (tertiary/aromatic N) is 2. The van der Waals surface area contributed by atoms with Crippen LogP contribution in [0.15, 0.2) is 16.9 Å².